The van der Waals surface area contributed by atoms with E-state index in [0.717, 1.165) is 13.0 Å². The number of halogens is 7. The van der Waals surface area contributed by atoms with Crippen LogP contribution in [0.2, 0.25) is 5.02 Å². The van der Waals surface area contributed by atoms with E-state index in [1.165, 1.54) is 25.3 Å². The maximum atomic E-state index is 13.1. The highest BCUT2D eigenvalue weighted by Crippen LogP contribution is 2.47. The van der Waals surface area contributed by atoms with Gasteiger partial charge < -0.3 is 9.47 Å². The van der Waals surface area contributed by atoms with Crippen molar-refractivity contribution in [2.45, 2.75) is 18.2 Å². The highest BCUT2D eigenvalue weighted by Gasteiger charge is 2.50. The van der Waals surface area contributed by atoms with Crippen molar-refractivity contribution in [2.75, 3.05) is 7.11 Å². The summed E-state index contributed by atoms with van der Waals surface area (Å²) < 4.78 is 47.6. The molecule has 4 nitrogen and oxygen atoms in total. The summed E-state index contributed by atoms with van der Waals surface area (Å²) >= 11 is 23.8. The van der Waals surface area contributed by atoms with E-state index >= 15 is 0 Å². The van der Waals surface area contributed by atoms with Gasteiger partial charge >= 0.3 is 6.36 Å². The topological polar surface area (TPSA) is 52.6 Å². The molecular weight excluding hydrogens is 467 g/mol. The van der Waals surface area contributed by atoms with Gasteiger partial charge in [-0.2, -0.15) is 0 Å². The number of Topliss-reactive ketones (excluding diaryl/α,β-unsaturated/α-hetero) is 1. The van der Waals surface area contributed by atoms with Crippen molar-refractivity contribution >= 4 is 57.4 Å². The number of ketones is 1. The maximum Gasteiger partial charge on any atom is 0.573 e. The second-order valence-electron chi connectivity index (χ2n) is 5.80. The molecule has 1 aromatic carbocycles. The summed E-state index contributed by atoms with van der Waals surface area (Å²) in [5.41, 5.74) is -0.898. The Balaban J connectivity index is 2.73. The third-order valence-electron chi connectivity index (χ3n) is 3.94. The minimum Gasteiger partial charge on any atom is -0.497 e. The monoisotopic (exact) mass is 476 g/mol. The number of carbonyl (C=O) groups is 2. The van der Waals surface area contributed by atoms with E-state index in [4.69, 9.17) is 51.1 Å². The van der Waals surface area contributed by atoms with Crippen LogP contribution in [0.4, 0.5) is 13.2 Å². The van der Waals surface area contributed by atoms with E-state index in [9.17, 15) is 22.8 Å². The Morgan fingerprint density at radius 2 is 1.82 bits per heavy atom. The molecule has 2 atom stereocenters. The number of benzene rings is 1. The largest absolute Gasteiger partial charge is 0.573 e. The summed E-state index contributed by atoms with van der Waals surface area (Å²) in [7, 11) is 1.36. The van der Waals surface area contributed by atoms with Crippen LogP contribution in [0.3, 0.4) is 0 Å². The molecule has 1 aromatic rings. The van der Waals surface area contributed by atoms with Gasteiger partial charge in [0.1, 0.15) is 5.75 Å². The van der Waals surface area contributed by atoms with E-state index in [0.29, 0.717) is 5.75 Å². The average molecular weight is 478 g/mol. The van der Waals surface area contributed by atoms with Crippen molar-refractivity contribution in [1.29, 1.82) is 0 Å². The van der Waals surface area contributed by atoms with Crippen LogP contribution < -0.4 is 4.74 Å². The van der Waals surface area contributed by atoms with Crippen LogP contribution in [0, 0.1) is 5.92 Å². The summed E-state index contributed by atoms with van der Waals surface area (Å²) in [6.07, 6.45) is -4.28. The van der Waals surface area contributed by atoms with E-state index in [1.54, 1.807) is 0 Å². The average Bonchev–Trinajstić information content (AvgIpc) is 2.55. The number of alkyl halides is 4. The molecule has 2 unspecified atom stereocenters. The molecule has 0 saturated heterocycles. The minimum atomic E-state index is -5.18. The Labute approximate surface area is 177 Å². The van der Waals surface area contributed by atoms with Crippen LogP contribution in [0.15, 0.2) is 40.6 Å². The molecule has 0 aliphatic heterocycles. The molecule has 0 heterocycles. The molecule has 0 fully saturated rings. The molecule has 0 radical (unpaired) electrons. The van der Waals surface area contributed by atoms with Crippen molar-refractivity contribution in [2.24, 2.45) is 5.92 Å². The first-order chi connectivity index (χ1) is 12.8. The fourth-order valence-electron chi connectivity index (χ4n) is 2.64. The lowest BCUT2D eigenvalue weighted by Gasteiger charge is -2.35. The molecule has 0 amide bonds. The summed E-state index contributed by atoms with van der Waals surface area (Å²) in [5.74, 6) is -3.12. The Hall–Kier alpha value is -1.41. The number of hydrogen-bond donors (Lipinski definition) is 0. The Morgan fingerprint density at radius 3 is 2.29 bits per heavy atom. The van der Waals surface area contributed by atoms with Crippen LogP contribution in [-0.4, -0.2) is 29.4 Å². The van der Waals surface area contributed by atoms with Gasteiger partial charge in [-0.05, 0) is 42.8 Å². The zero-order chi connectivity index (χ0) is 21.4. The van der Waals surface area contributed by atoms with E-state index in [1.807, 2.05) is 0 Å². The van der Waals surface area contributed by atoms with Crippen LogP contribution in [0.1, 0.15) is 17.3 Å². The third kappa shape index (κ3) is 4.59. The van der Waals surface area contributed by atoms with Crippen LogP contribution in [-0.2, 0) is 9.53 Å². The van der Waals surface area contributed by atoms with E-state index < -0.39 is 44.5 Å². The lowest BCUT2D eigenvalue weighted by molar-refractivity contribution is -0.304. The van der Waals surface area contributed by atoms with Crippen LogP contribution >= 0.6 is 46.4 Å². The standard InChI is InChI=1S/C17H11Cl4F3O4/c1-16(21)9(15(20)26)6-11(19)14(28-17(22,23)24)12(16)13(25)8-4-3-7(27-2)5-10(8)18/h3-6,9H,1-2H3. The molecule has 1 aliphatic carbocycles. The van der Waals surface area contributed by atoms with Gasteiger partial charge in [0.05, 0.1) is 33.5 Å². The predicted octanol–water partition coefficient (Wildman–Crippen LogP) is 5.84. The zero-order valence-corrected chi connectivity index (χ0v) is 17.2. The van der Waals surface area contributed by atoms with Crippen LogP contribution in [0.5, 0.6) is 5.75 Å². The Morgan fingerprint density at radius 1 is 1.21 bits per heavy atom. The van der Waals surface area contributed by atoms with Gasteiger partial charge in [0.2, 0.25) is 5.24 Å². The van der Waals surface area contributed by atoms with Crippen molar-refractivity contribution in [3.63, 3.8) is 0 Å². The molecule has 0 bridgehead atoms. The quantitative estimate of drug-likeness (QED) is 0.304. The molecule has 0 saturated carbocycles. The number of hydrogen-bond acceptors (Lipinski definition) is 4. The molecule has 0 spiro atoms. The predicted molar refractivity (Wildman–Crippen MR) is 99.0 cm³/mol. The molecular formula is C17H11Cl4F3O4. The first-order valence-corrected chi connectivity index (χ1v) is 8.95. The summed E-state index contributed by atoms with van der Waals surface area (Å²) in [4.78, 5) is 22.8. The first-order valence-electron chi connectivity index (χ1n) is 7.44. The highest BCUT2D eigenvalue weighted by molar-refractivity contribution is 6.65. The van der Waals surface area contributed by atoms with E-state index in [-0.39, 0.29) is 10.6 Å². The molecule has 152 valence electrons. The van der Waals surface area contributed by atoms with Gasteiger partial charge in [0.15, 0.2) is 11.5 Å². The van der Waals surface area contributed by atoms with Gasteiger partial charge in [-0.25, -0.2) is 0 Å². The zero-order valence-electron chi connectivity index (χ0n) is 14.2. The SMILES string of the molecule is COc1ccc(C(=O)C2=C(OC(F)(F)F)C(Cl)=CC(C(=O)Cl)C2(C)Cl)c(Cl)c1. The minimum absolute atomic E-state index is 0.116. The number of methoxy groups -OCH3 is 1. The Bertz CT molecular complexity index is 891. The van der Waals surface area contributed by atoms with E-state index in [2.05, 4.69) is 4.74 Å². The number of ether oxygens (including phenoxy) is 2. The summed E-state index contributed by atoms with van der Waals surface area (Å²) in [5, 5.41) is -1.77. The third-order valence-corrected chi connectivity index (χ3v) is 5.21. The van der Waals surface area contributed by atoms with Crippen molar-refractivity contribution in [1.82, 2.24) is 0 Å². The fourth-order valence-corrected chi connectivity index (χ4v) is 3.82. The lowest BCUT2D eigenvalue weighted by atomic mass is 9.79. The molecule has 2 rings (SSSR count). The summed E-state index contributed by atoms with van der Waals surface area (Å²) in [6, 6.07) is 3.90. The summed E-state index contributed by atoms with van der Waals surface area (Å²) in [6.45, 7) is 1.16. The lowest BCUT2D eigenvalue weighted by Crippen LogP contribution is -2.41. The molecule has 28 heavy (non-hydrogen) atoms. The first kappa shape index (κ1) is 22.9. The Kier molecular flexibility index (Phi) is 6.65. The molecule has 0 aromatic heterocycles. The smallest absolute Gasteiger partial charge is 0.497 e. The second-order valence-corrected chi connectivity index (χ2v) is 7.77. The maximum absolute atomic E-state index is 13.1. The fraction of sp³-hybridized carbons (Fsp3) is 0.294. The van der Waals surface area contributed by atoms with Crippen molar-refractivity contribution in [3.05, 3.63) is 51.2 Å². The van der Waals surface area contributed by atoms with Crippen molar-refractivity contribution < 1.29 is 32.2 Å². The number of allylic oxidation sites excluding steroid dienone is 3. The van der Waals surface area contributed by atoms with Gasteiger partial charge in [0.25, 0.3) is 0 Å². The normalized spacial score (nSPS) is 22.6. The van der Waals surface area contributed by atoms with Gasteiger partial charge in [-0.1, -0.05) is 23.2 Å². The second kappa shape index (κ2) is 8.14. The van der Waals surface area contributed by atoms with Gasteiger partial charge in [-0.3, -0.25) is 9.59 Å². The van der Waals surface area contributed by atoms with Crippen molar-refractivity contribution in [3.8, 4) is 5.75 Å². The number of carbonyl (C=O) groups excluding carboxylic acids is 2. The highest BCUT2D eigenvalue weighted by atomic mass is 35.5. The number of rotatable bonds is 5. The van der Waals surface area contributed by atoms with Gasteiger partial charge in [-0.15, -0.1) is 24.8 Å². The van der Waals surface area contributed by atoms with Crippen LogP contribution in [0.25, 0.3) is 0 Å². The molecule has 11 heteroatoms. The molecule has 0 N–H and O–H groups in total. The van der Waals surface area contributed by atoms with Gasteiger partial charge in [0, 0.05) is 5.56 Å². The molecule has 1 aliphatic rings.